The number of rotatable bonds is 2. The molecule has 0 aliphatic carbocycles. The summed E-state index contributed by atoms with van der Waals surface area (Å²) in [5.74, 6) is 0.723. The second kappa shape index (κ2) is 3.91. The third-order valence-electron chi connectivity index (χ3n) is 1.67. The van der Waals surface area contributed by atoms with Gasteiger partial charge in [0.05, 0.1) is 5.69 Å². The minimum Gasteiger partial charge on any atom is -0.359 e. The largest absolute Gasteiger partial charge is 0.359 e. The van der Waals surface area contributed by atoms with Crippen LogP contribution >= 0.6 is 15.9 Å². The molecular formula is C8H12BrN3O. The molecule has 1 aromatic heterocycles. The molecule has 0 radical (unpaired) electrons. The van der Waals surface area contributed by atoms with Crippen molar-refractivity contribution in [1.29, 1.82) is 0 Å². The normalized spacial score (nSPS) is 10.5. The number of hydrogen-bond acceptors (Lipinski definition) is 3. The van der Waals surface area contributed by atoms with Crippen LogP contribution in [0, 0.1) is 0 Å². The first kappa shape index (κ1) is 10.2. The van der Waals surface area contributed by atoms with Gasteiger partial charge in [0.1, 0.15) is 4.47 Å². The van der Waals surface area contributed by atoms with Crippen molar-refractivity contribution in [2.45, 2.75) is 19.8 Å². The standard InChI is InChI=1S/C8H12BrN3O/c1-4(2)6-5(9)7(13)12-8(10-3)11-6/h4H,1-3H3,(H2,10,11,12,13). The van der Waals surface area contributed by atoms with Gasteiger partial charge in [-0.25, -0.2) is 4.98 Å². The average Bonchev–Trinajstić information content (AvgIpc) is 2.09. The van der Waals surface area contributed by atoms with Gasteiger partial charge in [0.25, 0.3) is 5.56 Å². The van der Waals surface area contributed by atoms with Crippen LogP contribution in [-0.4, -0.2) is 17.0 Å². The van der Waals surface area contributed by atoms with Crippen LogP contribution in [0.4, 0.5) is 5.95 Å². The fraction of sp³-hybridized carbons (Fsp3) is 0.500. The highest BCUT2D eigenvalue weighted by Gasteiger charge is 2.10. The first-order valence-corrected chi connectivity index (χ1v) is 4.83. The van der Waals surface area contributed by atoms with Gasteiger partial charge in [-0.05, 0) is 21.8 Å². The fourth-order valence-corrected chi connectivity index (χ4v) is 1.62. The van der Waals surface area contributed by atoms with Crippen LogP contribution in [0.2, 0.25) is 0 Å². The van der Waals surface area contributed by atoms with Gasteiger partial charge in [-0.15, -0.1) is 0 Å². The zero-order valence-electron chi connectivity index (χ0n) is 7.81. The number of halogens is 1. The Morgan fingerprint density at radius 1 is 1.54 bits per heavy atom. The average molecular weight is 246 g/mol. The lowest BCUT2D eigenvalue weighted by molar-refractivity contribution is 0.803. The van der Waals surface area contributed by atoms with Crippen molar-refractivity contribution in [1.82, 2.24) is 9.97 Å². The summed E-state index contributed by atoms with van der Waals surface area (Å²) in [7, 11) is 1.72. The summed E-state index contributed by atoms with van der Waals surface area (Å²) in [4.78, 5) is 18.2. The Bertz CT molecular complexity index is 359. The fourth-order valence-electron chi connectivity index (χ4n) is 0.977. The molecule has 72 valence electrons. The molecule has 0 aromatic carbocycles. The molecule has 0 spiro atoms. The van der Waals surface area contributed by atoms with Crippen molar-refractivity contribution in [2.24, 2.45) is 0 Å². The lowest BCUT2D eigenvalue weighted by Crippen LogP contribution is -2.15. The van der Waals surface area contributed by atoms with Gasteiger partial charge >= 0.3 is 0 Å². The lowest BCUT2D eigenvalue weighted by Gasteiger charge is -2.08. The SMILES string of the molecule is CNc1nc(C(C)C)c(Br)c(=O)[nH]1. The van der Waals surface area contributed by atoms with Crippen molar-refractivity contribution in [2.75, 3.05) is 12.4 Å². The van der Waals surface area contributed by atoms with E-state index in [0.29, 0.717) is 10.4 Å². The molecule has 0 fully saturated rings. The van der Waals surface area contributed by atoms with E-state index in [-0.39, 0.29) is 11.5 Å². The van der Waals surface area contributed by atoms with Gasteiger partial charge in [0, 0.05) is 7.05 Å². The summed E-state index contributed by atoms with van der Waals surface area (Å²) in [5, 5.41) is 2.80. The third kappa shape index (κ3) is 2.09. The summed E-state index contributed by atoms with van der Waals surface area (Å²) in [6.07, 6.45) is 0. The smallest absolute Gasteiger partial charge is 0.266 e. The van der Waals surface area contributed by atoms with Crippen molar-refractivity contribution in [3.8, 4) is 0 Å². The first-order valence-electron chi connectivity index (χ1n) is 4.03. The lowest BCUT2D eigenvalue weighted by atomic mass is 10.1. The van der Waals surface area contributed by atoms with Crippen molar-refractivity contribution >= 4 is 21.9 Å². The van der Waals surface area contributed by atoms with Crippen LogP contribution in [0.5, 0.6) is 0 Å². The van der Waals surface area contributed by atoms with E-state index in [0.717, 1.165) is 5.69 Å². The molecule has 0 amide bonds. The molecular weight excluding hydrogens is 234 g/mol. The third-order valence-corrected chi connectivity index (χ3v) is 2.44. The molecule has 0 saturated heterocycles. The van der Waals surface area contributed by atoms with E-state index in [9.17, 15) is 4.79 Å². The van der Waals surface area contributed by atoms with Crippen LogP contribution < -0.4 is 10.9 Å². The molecule has 13 heavy (non-hydrogen) atoms. The molecule has 0 bridgehead atoms. The van der Waals surface area contributed by atoms with Crippen LogP contribution in [-0.2, 0) is 0 Å². The molecule has 1 rings (SSSR count). The van der Waals surface area contributed by atoms with Gasteiger partial charge in [-0.2, -0.15) is 0 Å². The molecule has 0 unspecified atom stereocenters. The number of aromatic amines is 1. The topological polar surface area (TPSA) is 57.8 Å². The Kier molecular flexibility index (Phi) is 3.08. The molecule has 4 nitrogen and oxygen atoms in total. The molecule has 0 saturated carbocycles. The highest BCUT2D eigenvalue weighted by molar-refractivity contribution is 9.10. The minimum absolute atomic E-state index is 0.150. The molecule has 0 aliphatic heterocycles. The molecule has 1 aromatic rings. The Balaban J connectivity index is 3.33. The van der Waals surface area contributed by atoms with E-state index in [4.69, 9.17) is 0 Å². The minimum atomic E-state index is -0.150. The van der Waals surface area contributed by atoms with Crippen molar-refractivity contribution < 1.29 is 0 Å². The van der Waals surface area contributed by atoms with E-state index >= 15 is 0 Å². The van der Waals surface area contributed by atoms with E-state index in [1.54, 1.807) is 7.05 Å². The van der Waals surface area contributed by atoms with Gasteiger partial charge in [0.2, 0.25) is 5.95 Å². The molecule has 2 N–H and O–H groups in total. The maximum Gasteiger partial charge on any atom is 0.266 e. The maximum absolute atomic E-state index is 11.3. The van der Waals surface area contributed by atoms with E-state index in [2.05, 4.69) is 31.2 Å². The van der Waals surface area contributed by atoms with Crippen LogP contribution in [0.1, 0.15) is 25.5 Å². The quantitative estimate of drug-likeness (QED) is 0.834. The molecule has 0 atom stereocenters. The summed E-state index contributed by atoms with van der Waals surface area (Å²) < 4.78 is 0.515. The van der Waals surface area contributed by atoms with Gasteiger partial charge in [-0.3, -0.25) is 9.78 Å². The Morgan fingerprint density at radius 2 is 2.15 bits per heavy atom. The Labute approximate surface area is 84.9 Å². The van der Waals surface area contributed by atoms with Gasteiger partial charge in [-0.1, -0.05) is 13.8 Å². The van der Waals surface area contributed by atoms with Crippen molar-refractivity contribution in [3.63, 3.8) is 0 Å². The summed E-state index contributed by atoms with van der Waals surface area (Å²) in [6.45, 7) is 3.98. The number of H-pyrrole nitrogens is 1. The van der Waals surface area contributed by atoms with E-state index < -0.39 is 0 Å². The van der Waals surface area contributed by atoms with Crippen LogP contribution in [0.25, 0.3) is 0 Å². The zero-order chi connectivity index (χ0) is 10.0. The number of aromatic nitrogens is 2. The number of nitrogens with one attached hydrogen (secondary N) is 2. The highest BCUT2D eigenvalue weighted by Crippen LogP contribution is 2.19. The monoisotopic (exact) mass is 245 g/mol. The molecule has 1 heterocycles. The summed E-state index contributed by atoms with van der Waals surface area (Å²) in [5.41, 5.74) is 0.621. The van der Waals surface area contributed by atoms with Gasteiger partial charge < -0.3 is 5.32 Å². The Morgan fingerprint density at radius 3 is 2.62 bits per heavy atom. The van der Waals surface area contributed by atoms with E-state index in [1.807, 2.05) is 13.8 Å². The van der Waals surface area contributed by atoms with Gasteiger partial charge in [0.15, 0.2) is 0 Å². The highest BCUT2D eigenvalue weighted by atomic mass is 79.9. The molecule has 0 aliphatic rings. The Hall–Kier alpha value is -0.840. The number of hydrogen-bond donors (Lipinski definition) is 2. The number of nitrogens with zero attached hydrogens (tertiary/aromatic N) is 1. The second-order valence-electron chi connectivity index (χ2n) is 3.02. The first-order chi connectivity index (χ1) is 6.06. The van der Waals surface area contributed by atoms with Crippen molar-refractivity contribution in [3.05, 3.63) is 20.5 Å². The summed E-state index contributed by atoms with van der Waals surface area (Å²) in [6, 6.07) is 0. The van der Waals surface area contributed by atoms with Crippen LogP contribution in [0.3, 0.4) is 0 Å². The second-order valence-corrected chi connectivity index (χ2v) is 3.81. The summed E-state index contributed by atoms with van der Waals surface area (Å²) >= 11 is 3.21. The van der Waals surface area contributed by atoms with E-state index in [1.165, 1.54) is 0 Å². The predicted molar refractivity (Wildman–Crippen MR) is 56.2 cm³/mol. The number of anilines is 1. The molecule has 5 heteroatoms. The predicted octanol–water partition coefficient (Wildman–Crippen LogP) is 1.70. The maximum atomic E-state index is 11.3. The van der Waals surface area contributed by atoms with Crippen LogP contribution in [0.15, 0.2) is 9.27 Å². The zero-order valence-corrected chi connectivity index (χ0v) is 9.40.